The third kappa shape index (κ3) is 3.97. The molecule has 4 heterocycles. The maximum absolute atomic E-state index is 6.54. The molecule has 0 atom stereocenters. The minimum Gasteiger partial charge on any atom is -0.464 e. The lowest BCUT2D eigenvalue weighted by molar-refractivity contribution is 0.582. The summed E-state index contributed by atoms with van der Waals surface area (Å²) in [7, 11) is 0. The van der Waals surface area contributed by atoms with Crippen molar-refractivity contribution in [3.63, 3.8) is 0 Å². The second kappa shape index (κ2) is 10.0. The summed E-state index contributed by atoms with van der Waals surface area (Å²) >= 11 is 0. The van der Waals surface area contributed by atoms with Crippen molar-refractivity contribution in [3.8, 4) is 39.7 Å². The summed E-state index contributed by atoms with van der Waals surface area (Å²) in [6.45, 7) is 0. The Balaban J connectivity index is 1.19. The third-order valence-electron chi connectivity index (χ3n) is 9.11. The Bertz CT molecular complexity index is 2770. The molecule has 5 nitrogen and oxygen atoms in total. The fourth-order valence-corrected chi connectivity index (χ4v) is 6.94. The third-order valence-corrected chi connectivity index (χ3v) is 9.11. The molecule has 5 heteroatoms. The summed E-state index contributed by atoms with van der Waals surface area (Å²) in [5, 5.41) is 5.48. The quantitative estimate of drug-likeness (QED) is 0.201. The van der Waals surface area contributed by atoms with Crippen LogP contribution in [0.1, 0.15) is 0 Å². The van der Waals surface area contributed by atoms with Gasteiger partial charge >= 0.3 is 0 Å². The zero-order valence-electron chi connectivity index (χ0n) is 25.1. The van der Waals surface area contributed by atoms with E-state index in [2.05, 4.69) is 95.6 Å². The van der Waals surface area contributed by atoms with E-state index >= 15 is 0 Å². The van der Waals surface area contributed by atoms with Crippen molar-refractivity contribution >= 4 is 54.6 Å². The van der Waals surface area contributed by atoms with Gasteiger partial charge in [0.2, 0.25) is 0 Å². The topological polar surface area (TPSA) is 57.0 Å². The van der Waals surface area contributed by atoms with Gasteiger partial charge in [-0.15, -0.1) is 0 Å². The fourth-order valence-electron chi connectivity index (χ4n) is 6.94. The molecule has 0 saturated heterocycles. The van der Waals surface area contributed by atoms with Crippen molar-refractivity contribution in [1.29, 1.82) is 0 Å². The van der Waals surface area contributed by atoms with E-state index < -0.39 is 0 Å². The summed E-state index contributed by atoms with van der Waals surface area (Å²) in [6, 6.07) is 50.1. The van der Waals surface area contributed by atoms with Gasteiger partial charge in [-0.2, -0.15) is 0 Å². The van der Waals surface area contributed by atoms with E-state index in [1.54, 1.807) is 6.26 Å². The molecule has 47 heavy (non-hydrogen) atoms. The van der Waals surface area contributed by atoms with Gasteiger partial charge < -0.3 is 13.4 Å². The molecule has 10 rings (SSSR count). The lowest BCUT2D eigenvalue weighted by Crippen LogP contribution is -1.97. The van der Waals surface area contributed by atoms with Gasteiger partial charge in [0, 0.05) is 43.9 Å². The lowest BCUT2D eigenvalue weighted by atomic mass is 10.1. The molecule has 6 aromatic carbocycles. The van der Waals surface area contributed by atoms with Crippen LogP contribution in [0.2, 0.25) is 0 Å². The SMILES string of the molecule is c1ccc(-c2nc(-c3ccc(-n4c5cc(-c6ccco6)ccc5c5c6oc7ccccc7c6ccc54)cc3)nc3ccccc23)cc1. The number of hydrogen-bond donors (Lipinski definition) is 0. The van der Waals surface area contributed by atoms with E-state index in [4.69, 9.17) is 18.8 Å². The number of fused-ring (bicyclic) bond motifs is 8. The number of para-hydroxylation sites is 2. The first-order chi connectivity index (χ1) is 23.3. The van der Waals surface area contributed by atoms with Crippen LogP contribution < -0.4 is 0 Å². The second-order valence-corrected chi connectivity index (χ2v) is 11.8. The number of hydrogen-bond acceptors (Lipinski definition) is 4. The first-order valence-electron chi connectivity index (χ1n) is 15.7. The molecule has 0 aliphatic carbocycles. The highest BCUT2D eigenvalue weighted by Gasteiger charge is 2.20. The lowest BCUT2D eigenvalue weighted by Gasteiger charge is -2.11. The van der Waals surface area contributed by atoms with Crippen LogP contribution in [0.4, 0.5) is 0 Å². The predicted molar refractivity (Wildman–Crippen MR) is 190 cm³/mol. The number of rotatable bonds is 4. The zero-order chi connectivity index (χ0) is 30.9. The molecule has 220 valence electrons. The summed E-state index contributed by atoms with van der Waals surface area (Å²) in [5.74, 6) is 1.52. The predicted octanol–water partition coefficient (Wildman–Crippen LogP) is 11.2. The molecule has 0 bridgehead atoms. The van der Waals surface area contributed by atoms with Gasteiger partial charge in [-0.05, 0) is 66.7 Å². The molecule has 10 aromatic rings. The zero-order valence-corrected chi connectivity index (χ0v) is 25.1. The van der Waals surface area contributed by atoms with Crippen LogP contribution in [0.25, 0.3) is 94.3 Å². The summed E-state index contributed by atoms with van der Waals surface area (Å²) in [6.07, 6.45) is 1.71. The second-order valence-electron chi connectivity index (χ2n) is 11.8. The smallest absolute Gasteiger partial charge is 0.160 e. The van der Waals surface area contributed by atoms with Crippen molar-refractivity contribution in [3.05, 3.63) is 152 Å². The minimum absolute atomic E-state index is 0.695. The molecule has 0 aliphatic rings. The minimum atomic E-state index is 0.695. The van der Waals surface area contributed by atoms with Crippen LogP contribution >= 0.6 is 0 Å². The summed E-state index contributed by atoms with van der Waals surface area (Å²) in [5.41, 5.74) is 9.85. The average molecular weight is 604 g/mol. The van der Waals surface area contributed by atoms with Gasteiger partial charge in [-0.3, -0.25) is 0 Å². The van der Waals surface area contributed by atoms with Crippen LogP contribution in [-0.4, -0.2) is 14.5 Å². The Morgan fingerprint density at radius 1 is 0.511 bits per heavy atom. The van der Waals surface area contributed by atoms with Crippen molar-refractivity contribution in [1.82, 2.24) is 14.5 Å². The maximum atomic E-state index is 6.54. The van der Waals surface area contributed by atoms with Crippen LogP contribution in [0.5, 0.6) is 0 Å². The fraction of sp³-hybridized carbons (Fsp3) is 0. The molecule has 0 amide bonds. The van der Waals surface area contributed by atoms with Crippen LogP contribution in [0.15, 0.2) is 161 Å². The highest BCUT2D eigenvalue weighted by Crippen LogP contribution is 2.42. The molecule has 0 radical (unpaired) electrons. The van der Waals surface area contributed by atoms with Gasteiger partial charge in [0.1, 0.15) is 16.9 Å². The number of aromatic nitrogens is 3. The van der Waals surface area contributed by atoms with Crippen LogP contribution in [-0.2, 0) is 0 Å². The molecule has 4 aromatic heterocycles. The summed E-state index contributed by atoms with van der Waals surface area (Å²) < 4.78 is 14.6. The van der Waals surface area contributed by atoms with Crippen molar-refractivity contribution in [2.24, 2.45) is 0 Å². The molecule has 0 fully saturated rings. The first-order valence-corrected chi connectivity index (χ1v) is 15.7. The molecule has 0 saturated carbocycles. The van der Waals surface area contributed by atoms with Gasteiger partial charge in [0.15, 0.2) is 5.82 Å². The maximum Gasteiger partial charge on any atom is 0.160 e. The van der Waals surface area contributed by atoms with Crippen LogP contribution in [0, 0.1) is 0 Å². The largest absolute Gasteiger partial charge is 0.464 e. The molecular formula is C42H25N3O2. The van der Waals surface area contributed by atoms with Crippen molar-refractivity contribution in [2.45, 2.75) is 0 Å². The Kier molecular flexibility index (Phi) is 5.51. The molecular weight excluding hydrogens is 578 g/mol. The molecule has 0 aliphatic heterocycles. The van der Waals surface area contributed by atoms with E-state index in [0.29, 0.717) is 5.82 Å². The Morgan fingerprint density at radius 3 is 2.13 bits per heavy atom. The Hall–Kier alpha value is -6.46. The first kappa shape index (κ1) is 25.8. The van der Waals surface area contributed by atoms with Crippen molar-refractivity contribution in [2.75, 3.05) is 0 Å². The van der Waals surface area contributed by atoms with Gasteiger partial charge in [0.05, 0.1) is 33.9 Å². The monoisotopic (exact) mass is 603 g/mol. The standard InChI is InChI=1S/C42H25N3O2/c1-2-9-26(10-3-1)40-32-12-4-6-13-34(32)43-42(44-40)27-16-19-29(20-17-27)45-35-23-22-31-30-11-5-7-14-38(30)47-41(31)39(35)33-21-18-28(25-36(33)45)37-15-8-24-46-37/h1-25H. The highest BCUT2D eigenvalue weighted by atomic mass is 16.3. The highest BCUT2D eigenvalue weighted by molar-refractivity contribution is 6.24. The van der Waals surface area contributed by atoms with Gasteiger partial charge in [0.25, 0.3) is 0 Å². The van der Waals surface area contributed by atoms with E-state index in [0.717, 1.165) is 88.5 Å². The van der Waals surface area contributed by atoms with Crippen LogP contribution in [0.3, 0.4) is 0 Å². The number of furan rings is 2. The van der Waals surface area contributed by atoms with Gasteiger partial charge in [-0.1, -0.05) is 78.9 Å². The average Bonchev–Trinajstić information content (AvgIpc) is 3.88. The van der Waals surface area contributed by atoms with E-state index in [1.165, 1.54) is 0 Å². The normalized spacial score (nSPS) is 11.8. The molecule has 0 spiro atoms. The van der Waals surface area contributed by atoms with Gasteiger partial charge in [-0.25, -0.2) is 9.97 Å². The Morgan fingerprint density at radius 2 is 1.28 bits per heavy atom. The molecule has 0 N–H and O–H groups in total. The molecule has 0 unspecified atom stereocenters. The van der Waals surface area contributed by atoms with E-state index in [-0.39, 0.29) is 0 Å². The summed E-state index contributed by atoms with van der Waals surface area (Å²) in [4.78, 5) is 10.1. The number of benzene rings is 6. The van der Waals surface area contributed by atoms with E-state index in [9.17, 15) is 0 Å². The Labute approximate surface area is 269 Å². The van der Waals surface area contributed by atoms with Crippen molar-refractivity contribution < 1.29 is 8.83 Å². The van der Waals surface area contributed by atoms with E-state index in [1.807, 2.05) is 54.6 Å². The number of nitrogens with zero attached hydrogens (tertiary/aromatic N) is 3.